The number of nitrogens with zero attached hydrogens (tertiary/aromatic N) is 1. The Morgan fingerprint density at radius 3 is 2.67 bits per heavy atom. The van der Waals surface area contributed by atoms with Crippen molar-refractivity contribution >= 4 is 34.1 Å². The predicted molar refractivity (Wildman–Crippen MR) is 84.0 cm³/mol. The van der Waals surface area contributed by atoms with Gasteiger partial charge in [0.15, 0.2) is 11.6 Å². The molecule has 2 nitrogen and oxygen atoms in total. The first-order valence-corrected chi connectivity index (χ1v) is 7.10. The predicted octanol–water partition coefficient (Wildman–Crippen LogP) is 5.14. The number of halogens is 3. The van der Waals surface area contributed by atoms with Crippen molar-refractivity contribution < 1.29 is 9.13 Å². The largest absolute Gasteiger partial charge is 0.494 e. The summed E-state index contributed by atoms with van der Waals surface area (Å²) < 4.78 is 20.6. The molecule has 0 bridgehead atoms. The SMILES string of the molecule is COc1ccc(Cn2ccc3c(Cl)cc(Cl)cc32)cc1F. The number of fused-ring (bicyclic) bond motifs is 1. The van der Waals surface area contributed by atoms with Crippen LogP contribution in [0.15, 0.2) is 42.6 Å². The highest BCUT2D eigenvalue weighted by Crippen LogP contribution is 2.29. The van der Waals surface area contributed by atoms with Gasteiger partial charge >= 0.3 is 0 Å². The van der Waals surface area contributed by atoms with Gasteiger partial charge in [0.2, 0.25) is 0 Å². The van der Waals surface area contributed by atoms with E-state index in [1.807, 2.05) is 29.0 Å². The molecule has 108 valence electrons. The molecule has 0 radical (unpaired) electrons. The molecule has 0 aliphatic heterocycles. The van der Waals surface area contributed by atoms with Gasteiger partial charge in [-0.1, -0.05) is 29.3 Å². The standard InChI is InChI=1S/C16H12Cl2FNO/c1-21-16-3-2-10(6-14(16)19)9-20-5-4-12-13(18)7-11(17)8-15(12)20/h2-8H,9H2,1H3. The van der Waals surface area contributed by atoms with Crippen LogP contribution in [0, 0.1) is 5.82 Å². The third kappa shape index (κ3) is 2.71. The number of benzene rings is 2. The van der Waals surface area contributed by atoms with E-state index in [0.717, 1.165) is 16.5 Å². The number of methoxy groups -OCH3 is 1. The maximum absolute atomic E-state index is 13.7. The van der Waals surface area contributed by atoms with E-state index in [-0.39, 0.29) is 11.6 Å². The summed E-state index contributed by atoms with van der Waals surface area (Å²) in [4.78, 5) is 0. The van der Waals surface area contributed by atoms with Crippen LogP contribution >= 0.6 is 23.2 Å². The fourth-order valence-corrected chi connectivity index (χ4v) is 2.91. The molecule has 0 N–H and O–H groups in total. The zero-order chi connectivity index (χ0) is 15.0. The van der Waals surface area contributed by atoms with E-state index >= 15 is 0 Å². The Morgan fingerprint density at radius 2 is 1.95 bits per heavy atom. The van der Waals surface area contributed by atoms with E-state index < -0.39 is 0 Å². The summed E-state index contributed by atoms with van der Waals surface area (Å²) in [5.41, 5.74) is 1.76. The van der Waals surface area contributed by atoms with Crippen LogP contribution in [-0.2, 0) is 6.54 Å². The quantitative estimate of drug-likeness (QED) is 0.650. The van der Waals surface area contributed by atoms with Crippen molar-refractivity contribution in [2.24, 2.45) is 0 Å². The molecule has 1 heterocycles. The Bertz CT molecular complexity index is 813. The summed E-state index contributed by atoms with van der Waals surface area (Å²) in [7, 11) is 1.45. The molecule has 21 heavy (non-hydrogen) atoms. The first kappa shape index (κ1) is 14.2. The molecule has 2 aromatic carbocycles. The summed E-state index contributed by atoms with van der Waals surface area (Å²) in [6.07, 6.45) is 1.91. The van der Waals surface area contributed by atoms with Crippen LogP contribution in [-0.4, -0.2) is 11.7 Å². The van der Waals surface area contributed by atoms with Crippen molar-refractivity contribution in [2.75, 3.05) is 7.11 Å². The summed E-state index contributed by atoms with van der Waals surface area (Å²) in [6.45, 7) is 0.529. The van der Waals surface area contributed by atoms with Gasteiger partial charge in [-0.05, 0) is 35.9 Å². The zero-order valence-electron chi connectivity index (χ0n) is 11.2. The molecular weight excluding hydrogens is 312 g/mol. The van der Waals surface area contributed by atoms with Gasteiger partial charge in [-0.15, -0.1) is 0 Å². The van der Waals surface area contributed by atoms with Gasteiger partial charge in [0.25, 0.3) is 0 Å². The average Bonchev–Trinajstić information content (AvgIpc) is 2.82. The fraction of sp³-hybridized carbons (Fsp3) is 0.125. The van der Waals surface area contributed by atoms with Gasteiger partial charge in [-0.3, -0.25) is 0 Å². The van der Waals surface area contributed by atoms with Crippen molar-refractivity contribution in [3.05, 3.63) is 64.0 Å². The number of hydrogen-bond acceptors (Lipinski definition) is 1. The van der Waals surface area contributed by atoms with Crippen LogP contribution in [0.25, 0.3) is 10.9 Å². The van der Waals surface area contributed by atoms with E-state index in [2.05, 4.69) is 0 Å². The second-order valence-corrected chi connectivity index (χ2v) is 5.58. The Morgan fingerprint density at radius 1 is 1.14 bits per heavy atom. The second kappa shape index (κ2) is 5.58. The third-order valence-electron chi connectivity index (χ3n) is 3.37. The van der Waals surface area contributed by atoms with Crippen LogP contribution in [0.3, 0.4) is 0 Å². The van der Waals surface area contributed by atoms with Crippen molar-refractivity contribution in [3.63, 3.8) is 0 Å². The summed E-state index contributed by atoms with van der Waals surface area (Å²) >= 11 is 12.2. The van der Waals surface area contributed by atoms with Crippen LogP contribution < -0.4 is 4.74 Å². The van der Waals surface area contributed by atoms with E-state index in [1.54, 1.807) is 12.1 Å². The minimum Gasteiger partial charge on any atom is -0.494 e. The molecule has 0 atom stereocenters. The summed E-state index contributed by atoms with van der Waals surface area (Å²) in [6, 6.07) is 10.4. The maximum Gasteiger partial charge on any atom is 0.165 e. The highest BCUT2D eigenvalue weighted by Gasteiger charge is 2.08. The normalized spacial score (nSPS) is 11.0. The number of aromatic nitrogens is 1. The van der Waals surface area contributed by atoms with Gasteiger partial charge in [-0.25, -0.2) is 4.39 Å². The Labute approximate surface area is 131 Å². The highest BCUT2D eigenvalue weighted by atomic mass is 35.5. The average molecular weight is 324 g/mol. The molecule has 0 amide bonds. The molecule has 0 saturated heterocycles. The Hall–Kier alpha value is -1.71. The molecule has 5 heteroatoms. The maximum atomic E-state index is 13.7. The lowest BCUT2D eigenvalue weighted by Crippen LogP contribution is -1.99. The Kier molecular flexibility index (Phi) is 3.79. The van der Waals surface area contributed by atoms with Crippen LogP contribution in [0.4, 0.5) is 4.39 Å². The minimum atomic E-state index is -0.373. The minimum absolute atomic E-state index is 0.238. The van der Waals surface area contributed by atoms with Gasteiger partial charge in [-0.2, -0.15) is 0 Å². The highest BCUT2D eigenvalue weighted by molar-refractivity contribution is 6.38. The first-order chi connectivity index (χ1) is 10.1. The van der Waals surface area contributed by atoms with Crippen molar-refractivity contribution in [2.45, 2.75) is 6.54 Å². The molecule has 0 unspecified atom stereocenters. The number of hydrogen-bond donors (Lipinski definition) is 0. The van der Waals surface area contributed by atoms with Crippen molar-refractivity contribution in [3.8, 4) is 5.75 Å². The molecule has 0 aliphatic carbocycles. The third-order valence-corrected chi connectivity index (χ3v) is 3.90. The van der Waals surface area contributed by atoms with Gasteiger partial charge < -0.3 is 9.30 Å². The van der Waals surface area contributed by atoms with Gasteiger partial charge in [0.1, 0.15) is 0 Å². The number of rotatable bonds is 3. The van der Waals surface area contributed by atoms with E-state index in [4.69, 9.17) is 27.9 Å². The zero-order valence-corrected chi connectivity index (χ0v) is 12.7. The second-order valence-electron chi connectivity index (χ2n) is 4.73. The smallest absolute Gasteiger partial charge is 0.165 e. The fourth-order valence-electron chi connectivity index (χ4n) is 2.36. The molecule has 3 aromatic rings. The Balaban J connectivity index is 2.00. The van der Waals surface area contributed by atoms with Crippen molar-refractivity contribution in [1.29, 1.82) is 0 Å². The number of ether oxygens (including phenoxy) is 1. The lowest BCUT2D eigenvalue weighted by molar-refractivity contribution is 0.386. The lowest BCUT2D eigenvalue weighted by atomic mass is 10.2. The summed E-state index contributed by atoms with van der Waals surface area (Å²) in [5.74, 6) is -0.135. The van der Waals surface area contributed by atoms with Gasteiger partial charge in [0, 0.05) is 23.2 Å². The molecule has 0 spiro atoms. The van der Waals surface area contributed by atoms with E-state index in [1.165, 1.54) is 13.2 Å². The lowest BCUT2D eigenvalue weighted by Gasteiger charge is -2.08. The monoisotopic (exact) mass is 323 g/mol. The topological polar surface area (TPSA) is 14.2 Å². The molecule has 1 aromatic heterocycles. The van der Waals surface area contributed by atoms with Crippen LogP contribution in [0.1, 0.15) is 5.56 Å². The molecule has 3 rings (SSSR count). The molecule has 0 fully saturated rings. The van der Waals surface area contributed by atoms with Crippen molar-refractivity contribution in [1.82, 2.24) is 4.57 Å². The van der Waals surface area contributed by atoms with Crippen LogP contribution in [0.5, 0.6) is 5.75 Å². The summed E-state index contributed by atoms with van der Waals surface area (Å²) in [5, 5.41) is 2.11. The molecular formula is C16H12Cl2FNO. The molecule has 0 saturated carbocycles. The first-order valence-electron chi connectivity index (χ1n) is 6.35. The van der Waals surface area contributed by atoms with Crippen LogP contribution in [0.2, 0.25) is 10.0 Å². The van der Waals surface area contributed by atoms with Gasteiger partial charge in [0.05, 0.1) is 17.6 Å². The molecule has 0 aliphatic rings. The van der Waals surface area contributed by atoms with E-state index in [0.29, 0.717) is 16.6 Å². The van der Waals surface area contributed by atoms with E-state index in [9.17, 15) is 4.39 Å².